The van der Waals surface area contributed by atoms with E-state index in [0.717, 1.165) is 28.8 Å². The summed E-state index contributed by atoms with van der Waals surface area (Å²) in [6, 6.07) is 32.6. The van der Waals surface area contributed by atoms with E-state index in [-0.39, 0.29) is 24.2 Å². The molecule has 0 unspecified atom stereocenters. The number of hydrogen-bond donors (Lipinski definition) is 1. The van der Waals surface area contributed by atoms with Crippen LogP contribution in [-0.2, 0) is 16.1 Å². The maximum absolute atomic E-state index is 13.4. The van der Waals surface area contributed by atoms with Gasteiger partial charge in [-0.2, -0.15) is 0 Å². The SMILES string of the molecule is O=C(CCC1c2ccccc2-c2ccccc21)NCCC(=O)N1Cc2ccccc2C#Cc2ccccc21. The minimum Gasteiger partial charge on any atom is -0.356 e. The molecule has 4 aromatic carbocycles. The Kier molecular flexibility index (Phi) is 6.50. The van der Waals surface area contributed by atoms with Crippen LogP contribution in [0.3, 0.4) is 0 Å². The molecular weight excluding hydrogens is 468 g/mol. The summed E-state index contributed by atoms with van der Waals surface area (Å²) < 4.78 is 0. The molecule has 4 heteroatoms. The summed E-state index contributed by atoms with van der Waals surface area (Å²) in [6.45, 7) is 0.761. The van der Waals surface area contributed by atoms with Gasteiger partial charge >= 0.3 is 0 Å². The van der Waals surface area contributed by atoms with Gasteiger partial charge in [-0.25, -0.2) is 0 Å². The van der Waals surface area contributed by atoms with Gasteiger partial charge in [-0.15, -0.1) is 0 Å². The summed E-state index contributed by atoms with van der Waals surface area (Å²) in [7, 11) is 0. The van der Waals surface area contributed by atoms with E-state index in [1.807, 2.05) is 48.5 Å². The molecule has 4 aromatic rings. The first kappa shape index (κ1) is 23.8. The molecule has 0 saturated carbocycles. The van der Waals surface area contributed by atoms with Crippen LogP contribution in [0, 0.1) is 11.8 Å². The molecular formula is C34H28N2O2. The van der Waals surface area contributed by atoms with Crippen LogP contribution < -0.4 is 10.2 Å². The normalized spacial score (nSPS) is 13.1. The summed E-state index contributed by atoms with van der Waals surface area (Å²) >= 11 is 0. The minimum atomic E-state index is -0.0325. The average Bonchev–Trinajstić information content (AvgIpc) is 3.27. The number of fused-ring (bicyclic) bond motifs is 5. The van der Waals surface area contributed by atoms with E-state index in [2.05, 4.69) is 65.7 Å². The summed E-state index contributed by atoms with van der Waals surface area (Å²) in [5.41, 5.74) is 8.69. The molecule has 0 atom stereocenters. The van der Waals surface area contributed by atoms with Gasteiger partial charge in [-0.05, 0) is 52.4 Å². The van der Waals surface area contributed by atoms with E-state index < -0.39 is 0 Å². The van der Waals surface area contributed by atoms with Crippen molar-refractivity contribution in [2.45, 2.75) is 31.7 Å². The second-order valence-corrected chi connectivity index (χ2v) is 9.77. The highest BCUT2D eigenvalue weighted by molar-refractivity contribution is 5.95. The highest BCUT2D eigenvalue weighted by Gasteiger charge is 2.28. The standard InChI is InChI=1S/C34H28N2O2/c37-33(20-19-31-29-14-6-4-12-27(29)28-13-5-7-15-30(28)31)35-22-21-34(38)36-23-26-11-2-1-9-24(26)17-18-25-10-3-8-16-32(25)36/h1-16,31H,19-23H2,(H,35,37). The molecule has 6 rings (SSSR count). The van der Waals surface area contributed by atoms with Gasteiger partial charge in [0.1, 0.15) is 0 Å². The van der Waals surface area contributed by atoms with Gasteiger partial charge in [-0.1, -0.05) is 90.7 Å². The van der Waals surface area contributed by atoms with Crippen LogP contribution in [-0.4, -0.2) is 18.4 Å². The van der Waals surface area contributed by atoms with E-state index in [4.69, 9.17) is 0 Å². The van der Waals surface area contributed by atoms with E-state index in [9.17, 15) is 9.59 Å². The quantitative estimate of drug-likeness (QED) is 0.331. The van der Waals surface area contributed by atoms with Crippen LogP contribution in [0.1, 0.15) is 53.0 Å². The zero-order valence-corrected chi connectivity index (χ0v) is 21.1. The lowest BCUT2D eigenvalue weighted by atomic mass is 9.92. The Balaban J connectivity index is 1.09. The number of nitrogens with one attached hydrogen (secondary N) is 1. The summed E-state index contributed by atoms with van der Waals surface area (Å²) in [6.07, 6.45) is 1.38. The first-order valence-electron chi connectivity index (χ1n) is 13.1. The van der Waals surface area contributed by atoms with Crippen molar-refractivity contribution < 1.29 is 9.59 Å². The van der Waals surface area contributed by atoms with Crippen LogP contribution in [0.4, 0.5) is 5.69 Å². The van der Waals surface area contributed by atoms with Crippen LogP contribution >= 0.6 is 0 Å². The molecule has 0 aromatic heterocycles. The number of rotatable bonds is 6. The van der Waals surface area contributed by atoms with E-state index in [1.165, 1.54) is 22.3 Å². The third kappa shape index (κ3) is 4.60. The molecule has 1 aliphatic heterocycles. The van der Waals surface area contributed by atoms with Crippen molar-refractivity contribution in [3.63, 3.8) is 0 Å². The monoisotopic (exact) mass is 496 g/mol. The molecule has 1 aliphatic carbocycles. The lowest BCUT2D eigenvalue weighted by Gasteiger charge is -2.26. The molecule has 2 amide bonds. The second kappa shape index (κ2) is 10.4. The van der Waals surface area contributed by atoms with Crippen molar-refractivity contribution >= 4 is 17.5 Å². The Labute approximate surface area is 223 Å². The molecule has 0 saturated heterocycles. The number of para-hydroxylation sites is 1. The molecule has 2 aliphatic rings. The topological polar surface area (TPSA) is 49.4 Å². The Bertz CT molecular complexity index is 1550. The molecule has 38 heavy (non-hydrogen) atoms. The maximum atomic E-state index is 13.4. The first-order chi connectivity index (χ1) is 18.7. The average molecular weight is 497 g/mol. The smallest absolute Gasteiger partial charge is 0.229 e. The highest BCUT2D eigenvalue weighted by Crippen LogP contribution is 2.46. The van der Waals surface area contributed by atoms with Gasteiger partial charge in [-0.3, -0.25) is 9.59 Å². The third-order valence-electron chi connectivity index (χ3n) is 7.46. The number of hydrogen-bond acceptors (Lipinski definition) is 2. The lowest BCUT2D eigenvalue weighted by Crippen LogP contribution is -2.35. The maximum Gasteiger partial charge on any atom is 0.229 e. The van der Waals surface area contributed by atoms with Crippen LogP contribution in [0.5, 0.6) is 0 Å². The summed E-state index contributed by atoms with van der Waals surface area (Å²) in [5.74, 6) is 6.63. The fourth-order valence-corrected chi connectivity index (χ4v) is 5.59. The molecule has 0 radical (unpaired) electrons. The van der Waals surface area contributed by atoms with Crippen molar-refractivity contribution in [2.75, 3.05) is 11.4 Å². The van der Waals surface area contributed by atoms with E-state index in [0.29, 0.717) is 19.5 Å². The third-order valence-corrected chi connectivity index (χ3v) is 7.46. The number of carbonyl (C=O) groups is 2. The van der Waals surface area contributed by atoms with E-state index in [1.54, 1.807) is 4.90 Å². The predicted molar refractivity (Wildman–Crippen MR) is 151 cm³/mol. The van der Waals surface area contributed by atoms with E-state index >= 15 is 0 Å². The Morgan fingerprint density at radius 2 is 1.34 bits per heavy atom. The summed E-state index contributed by atoms with van der Waals surface area (Å²) in [5, 5.41) is 2.98. The molecule has 1 heterocycles. The molecule has 0 bridgehead atoms. The zero-order chi connectivity index (χ0) is 25.9. The van der Waals surface area contributed by atoms with Gasteiger partial charge in [0.15, 0.2) is 0 Å². The molecule has 1 N–H and O–H groups in total. The predicted octanol–water partition coefficient (Wildman–Crippen LogP) is 6.03. The van der Waals surface area contributed by atoms with Gasteiger partial charge < -0.3 is 10.2 Å². The Hall–Kier alpha value is -4.62. The van der Waals surface area contributed by atoms with Gasteiger partial charge in [0.2, 0.25) is 11.8 Å². The van der Waals surface area contributed by atoms with Crippen molar-refractivity contribution in [3.05, 3.63) is 125 Å². The largest absolute Gasteiger partial charge is 0.356 e. The number of benzene rings is 4. The molecule has 0 fully saturated rings. The number of amides is 2. The number of anilines is 1. The van der Waals surface area contributed by atoms with Crippen LogP contribution in [0.25, 0.3) is 11.1 Å². The van der Waals surface area contributed by atoms with Crippen LogP contribution in [0.15, 0.2) is 97.1 Å². The van der Waals surface area contributed by atoms with Gasteiger partial charge in [0.05, 0.1) is 12.2 Å². The number of carbonyl (C=O) groups excluding carboxylic acids is 2. The number of nitrogens with zero attached hydrogens (tertiary/aromatic N) is 1. The highest BCUT2D eigenvalue weighted by atomic mass is 16.2. The Morgan fingerprint density at radius 3 is 2.11 bits per heavy atom. The van der Waals surface area contributed by atoms with Crippen molar-refractivity contribution in [1.29, 1.82) is 0 Å². The van der Waals surface area contributed by atoms with Crippen molar-refractivity contribution in [3.8, 4) is 23.0 Å². The van der Waals surface area contributed by atoms with Crippen LogP contribution in [0.2, 0.25) is 0 Å². The van der Waals surface area contributed by atoms with Gasteiger partial charge in [0.25, 0.3) is 0 Å². The summed E-state index contributed by atoms with van der Waals surface area (Å²) in [4.78, 5) is 28.0. The van der Waals surface area contributed by atoms with Gasteiger partial charge in [0, 0.05) is 36.4 Å². The molecule has 0 spiro atoms. The molecule has 186 valence electrons. The lowest BCUT2D eigenvalue weighted by molar-refractivity contribution is -0.121. The minimum absolute atomic E-state index is 0.0241. The molecule has 4 nitrogen and oxygen atoms in total. The fraction of sp³-hybridized carbons (Fsp3) is 0.176. The first-order valence-corrected chi connectivity index (χ1v) is 13.1. The second-order valence-electron chi connectivity index (χ2n) is 9.77. The fourth-order valence-electron chi connectivity index (χ4n) is 5.59. The van der Waals surface area contributed by atoms with Crippen molar-refractivity contribution in [1.82, 2.24) is 5.32 Å². The van der Waals surface area contributed by atoms with Crippen molar-refractivity contribution in [2.24, 2.45) is 0 Å². The Morgan fingerprint density at radius 1 is 0.737 bits per heavy atom. The zero-order valence-electron chi connectivity index (χ0n) is 21.1.